The maximum atomic E-state index is 12.1. The van der Waals surface area contributed by atoms with Gasteiger partial charge in [-0.15, -0.1) is 0 Å². The van der Waals surface area contributed by atoms with Crippen molar-refractivity contribution in [1.29, 1.82) is 0 Å². The van der Waals surface area contributed by atoms with E-state index in [-0.39, 0.29) is 31.1 Å². The fraction of sp³-hybridized carbons (Fsp3) is 0.609. The number of nitrogens with one attached hydrogen (secondary N) is 1. The largest absolute Gasteiger partial charge is 0.480 e. The number of carboxylic acid groups (broad SMARTS) is 2. The van der Waals surface area contributed by atoms with E-state index in [1.165, 1.54) is 0 Å². The average Bonchev–Trinajstić information content (AvgIpc) is 2.72. The first-order valence-electron chi connectivity index (χ1n) is 11.1. The predicted octanol–water partition coefficient (Wildman–Crippen LogP) is 2.64. The molecule has 1 aromatic rings. The van der Waals surface area contributed by atoms with Gasteiger partial charge in [0.05, 0.1) is 12.2 Å². The van der Waals surface area contributed by atoms with Crippen LogP contribution in [-0.4, -0.2) is 62.9 Å². The van der Waals surface area contributed by atoms with Crippen molar-refractivity contribution >= 4 is 23.6 Å². The van der Waals surface area contributed by atoms with Crippen LogP contribution in [0.3, 0.4) is 0 Å². The number of rotatable bonds is 18. The molecule has 32 heavy (non-hydrogen) atoms. The third-order valence-electron chi connectivity index (χ3n) is 5.00. The Hall–Kier alpha value is -2.81. The molecule has 1 rings (SSSR count). The number of carbonyl (C=O) groups is 4. The van der Waals surface area contributed by atoms with Crippen LogP contribution in [0.4, 0.5) is 0 Å². The molecule has 178 valence electrons. The van der Waals surface area contributed by atoms with Crippen LogP contribution in [0.25, 0.3) is 0 Å². The van der Waals surface area contributed by atoms with Crippen LogP contribution in [0.2, 0.25) is 0 Å². The van der Waals surface area contributed by atoms with Crippen molar-refractivity contribution in [3.63, 3.8) is 0 Å². The maximum Gasteiger partial charge on any atom is 0.326 e. The lowest BCUT2D eigenvalue weighted by Gasteiger charge is -2.20. The Labute approximate surface area is 189 Å². The van der Waals surface area contributed by atoms with Crippen LogP contribution < -0.4 is 5.32 Å². The number of Topliss-reactive ketones (excluding diaryl/α,β-unsaturated/α-hetero) is 1. The molecule has 0 saturated heterocycles. The number of aliphatic carboxylic acids is 2. The minimum absolute atomic E-state index is 0.123. The third-order valence-corrected chi connectivity index (χ3v) is 5.00. The molecule has 1 atom stereocenters. The summed E-state index contributed by atoms with van der Waals surface area (Å²) in [5.41, 5.74) is 0.769. The third kappa shape index (κ3) is 13.5. The molecule has 0 fully saturated rings. The molecule has 9 heteroatoms. The summed E-state index contributed by atoms with van der Waals surface area (Å²) in [6.45, 7) is 2.33. The van der Waals surface area contributed by atoms with E-state index in [1.807, 2.05) is 12.1 Å². The standard InChI is InChI=1S/C23H35N3O6/c1-18(27)10-4-2-3-5-13-21(28)25-20(23(31)32)12-7-9-15-26(17-22(29)30)16-19-11-6-8-14-24-19/h6,8,11,14,20H,2-5,7,9-10,12-13,15-17H2,1H3,(H,25,28)(H,29,30)(H,31,32). The molecule has 1 amide bonds. The second-order valence-electron chi connectivity index (χ2n) is 8.00. The van der Waals surface area contributed by atoms with Crippen LogP contribution in [-0.2, 0) is 25.7 Å². The Morgan fingerprint density at radius 1 is 1.00 bits per heavy atom. The van der Waals surface area contributed by atoms with Gasteiger partial charge in [0.1, 0.15) is 11.8 Å². The minimum atomic E-state index is -1.07. The predicted molar refractivity (Wildman–Crippen MR) is 119 cm³/mol. The fourth-order valence-electron chi connectivity index (χ4n) is 3.35. The van der Waals surface area contributed by atoms with E-state index in [0.29, 0.717) is 38.8 Å². The van der Waals surface area contributed by atoms with Crippen molar-refractivity contribution in [2.45, 2.75) is 77.3 Å². The Kier molecular flexibility index (Phi) is 13.5. The lowest BCUT2D eigenvalue weighted by Crippen LogP contribution is -2.40. The van der Waals surface area contributed by atoms with E-state index in [2.05, 4.69) is 10.3 Å². The van der Waals surface area contributed by atoms with Gasteiger partial charge >= 0.3 is 11.9 Å². The lowest BCUT2D eigenvalue weighted by atomic mass is 10.1. The number of hydrogen-bond acceptors (Lipinski definition) is 6. The number of unbranched alkanes of at least 4 members (excludes halogenated alkanes) is 4. The number of hydrogen-bond donors (Lipinski definition) is 3. The first kappa shape index (κ1) is 27.2. The van der Waals surface area contributed by atoms with Gasteiger partial charge < -0.3 is 20.3 Å². The molecule has 0 radical (unpaired) electrons. The molecule has 0 aliphatic rings. The summed E-state index contributed by atoms with van der Waals surface area (Å²) in [4.78, 5) is 51.5. The van der Waals surface area contributed by atoms with E-state index in [9.17, 15) is 24.3 Å². The van der Waals surface area contributed by atoms with Crippen molar-refractivity contribution in [3.05, 3.63) is 30.1 Å². The van der Waals surface area contributed by atoms with Gasteiger partial charge in [0.25, 0.3) is 0 Å². The lowest BCUT2D eigenvalue weighted by molar-refractivity contribution is -0.142. The van der Waals surface area contributed by atoms with Gasteiger partial charge in [0.2, 0.25) is 5.91 Å². The highest BCUT2D eigenvalue weighted by Gasteiger charge is 2.19. The van der Waals surface area contributed by atoms with Gasteiger partial charge in [-0.05, 0) is 57.7 Å². The van der Waals surface area contributed by atoms with Crippen molar-refractivity contribution < 1.29 is 29.4 Å². The highest BCUT2D eigenvalue weighted by atomic mass is 16.4. The average molecular weight is 450 g/mol. The quantitative estimate of drug-likeness (QED) is 0.291. The molecule has 1 heterocycles. The molecule has 9 nitrogen and oxygen atoms in total. The Bertz CT molecular complexity index is 726. The number of carboxylic acids is 2. The molecule has 0 spiro atoms. The van der Waals surface area contributed by atoms with Crippen molar-refractivity contribution in [3.8, 4) is 0 Å². The summed E-state index contributed by atoms with van der Waals surface area (Å²) >= 11 is 0. The molecule has 0 aliphatic heterocycles. The molecule has 3 N–H and O–H groups in total. The van der Waals surface area contributed by atoms with Gasteiger partial charge in [0.15, 0.2) is 0 Å². The van der Waals surface area contributed by atoms with E-state index in [4.69, 9.17) is 5.11 Å². The zero-order valence-electron chi connectivity index (χ0n) is 18.8. The van der Waals surface area contributed by atoms with Gasteiger partial charge in [-0.1, -0.05) is 18.9 Å². The molecule has 0 aliphatic carbocycles. The maximum absolute atomic E-state index is 12.1. The summed E-state index contributed by atoms with van der Waals surface area (Å²) in [6.07, 6.45) is 7.08. The number of ketones is 1. The fourth-order valence-corrected chi connectivity index (χ4v) is 3.35. The van der Waals surface area contributed by atoms with Gasteiger partial charge in [-0.2, -0.15) is 0 Å². The summed E-state index contributed by atoms with van der Waals surface area (Å²) in [6, 6.07) is 4.51. The molecule has 0 aromatic carbocycles. The zero-order valence-corrected chi connectivity index (χ0v) is 18.8. The number of nitrogens with zero attached hydrogens (tertiary/aromatic N) is 2. The van der Waals surface area contributed by atoms with E-state index in [1.54, 1.807) is 24.1 Å². The Morgan fingerprint density at radius 2 is 1.72 bits per heavy atom. The van der Waals surface area contributed by atoms with Crippen LogP contribution in [0, 0.1) is 0 Å². The van der Waals surface area contributed by atoms with Crippen LogP contribution in [0.15, 0.2) is 24.4 Å². The first-order valence-corrected chi connectivity index (χ1v) is 11.1. The van der Waals surface area contributed by atoms with Crippen molar-refractivity contribution in [1.82, 2.24) is 15.2 Å². The monoisotopic (exact) mass is 449 g/mol. The smallest absolute Gasteiger partial charge is 0.326 e. The Morgan fingerprint density at radius 3 is 2.31 bits per heavy atom. The van der Waals surface area contributed by atoms with Gasteiger partial charge in [-0.25, -0.2) is 4.79 Å². The molecule has 0 saturated carbocycles. The summed E-state index contributed by atoms with van der Waals surface area (Å²) in [5, 5.41) is 21.1. The highest BCUT2D eigenvalue weighted by Crippen LogP contribution is 2.09. The molecular formula is C23H35N3O6. The second kappa shape index (κ2) is 15.9. The van der Waals surface area contributed by atoms with Gasteiger partial charge in [-0.3, -0.25) is 19.5 Å². The zero-order chi connectivity index (χ0) is 23.8. The number of aromatic nitrogens is 1. The number of amides is 1. The number of pyridine rings is 1. The Balaban J connectivity index is 2.33. The summed E-state index contributed by atoms with van der Waals surface area (Å²) < 4.78 is 0. The SMILES string of the molecule is CC(=O)CCCCCCC(=O)NC(CCCCN(CC(=O)O)Cc1ccccn1)C(=O)O. The molecule has 1 aromatic heterocycles. The minimum Gasteiger partial charge on any atom is -0.480 e. The van der Waals surface area contributed by atoms with Crippen molar-refractivity contribution in [2.24, 2.45) is 0 Å². The normalized spacial score (nSPS) is 11.8. The van der Waals surface area contributed by atoms with Crippen molar-refractivity contribution in [2.75, 3.05) is 13.1 Å². The van der Waals surface area contributed by atoms with E-state index >= 15 is 0 Å². The topological polar surface area (TPSA) is 137 Å². The van der Waals surface area contributed by atoms with Crippen LogP contribution >= 0.6 is 0 Å². The highest BCUT2D eigenvalue weighted by molar-refractivity contribution is 5.83. The van der Waals surface area contributed by atoms with Crippen LogP contribution in [0.1, 0.15) is 70.4 Å². The molecule has 0 bridgehead atoms. The van der Waals surface area contributed by atoms with E-state index < -0.39 is 18.0 Å². The van der Waals surface area contributed by atoms with Gasteiger partial charge in [0, 0.05) is 25.6 Å². The number of carbonyl (C=O) groups excluding carboxylic acids is 2. The van der Waals surface area contributed by atoms with E-state index in [0.717, 1.165) is 25.0 Å². The first-order chi connectivity index (χ1) is 15.3. The van der Waals surface area contributed by atoms with Crippen LogP contribution in [0.5, 0.6) is 0 Å². The molecule has 1 unspecified atom stereocenters. The summed E-state index contributed by atoms with van der Waals surface area (Å²) in [5.74, 6) is -2.13. The molecular weight excluding hydrogens is 414 g/mol. The second-order valence-corrected chi connectivity index (χ2v) is 8.00. The summed E-state index contributed by atoms with van der Waals surface area (Å²) in [7, 11) is 0.